The van der Waals surface area contributed by atoms with E-state index in [1.165, 1.54) is 18.4 Å². The molecule has 1 aliphatic carbocycles. The van der Waals surface area contributed by atoms with Crippen LogP contribution in [0.4, 0.5) is 0 Å². The SMILES string of the molecule is CCNC(=NCCN(CCOC)C1CC1)N(C)CCc1ccc(OC)c(OC)c1. The summed E-state index contributed by atoms with van der Waals surface area (Å²) in [7, 11) is 7.18. The smallest absolute Gasteiger partial charge is 0.193 e. The summed E-state index contributed by atoms with van der Waals surface area (Å²) in [6, 6.07) is 6.81. The van der Waals surface area contributed by atoms with Gasteiger partial charge >= 0.3 is 0 Å². The minimum atomic E-state index is 0.728. The number of rotatable bonds is 13. The lowest BCUT2D eigenvalue weighted by Gasteiger charge is -2.24. The number of ether oxygens (including phenoxy) is 3. The fraction of sp³-hybridized carbons (Fsp3) is 0.682. The monoisotopic (exact) mass is 406 g/mol. The van der Waals surface area contributed by atoms with E-state index in [1.54, 1.807) is 21.3 Å². The molecule has 0 saturated heterocycles. The largest absolute Gasteiger partial charge is 0.493 e. The van der Waals surface area contributed by atoms with Gasteiger partial charge in [0.15, 0.2) is 17.5 Å². The second-order valence-corrected chi connectivity index (χ2v) is 7.36. The van der Waals surface area contributed by atoms with Gasteiger partial charge in [0, 0.05) is 46.4 Å². The highest BCUT2D eigenvalue weighted by molar-refractivity contribution is 5.79. The summed E-state index contributed by atoms with van der Waals surface area (Å²) < 4.78 is 16.0. The molecule has 0 amide bonds. The summed E-state index contributed by atoms with van der Waals surface area (Å²) in [5.41, 5.74) is 1.21. The Balaban J connectivity index is 1.89. The van der Waals surface area contributed by atoms with Crippen molar-refractivity contribution in [3.63, 3.8) is 0 Å². The maximum atomic E-state index is 5.41. The minimum absolute atomic E-state index is 0.728. The van der Waals surface area contributed by atoms with Gasteiger partial charge < -0.3 is 24.4 Å². The first-order valence-corrected chi connectivity index (χ1v) is 10.6. The Bertz CT molecular complexity index is 634. The van der Waals surface area contributed by atoms with Crippen LogP contribution in [0.1, 0.15) is 25.3 Å². The van der Waals surface area contributed by atoms with Crippen LogP contribution in [0.25, 0.3) is 0 Å². The van der Waals surface area contributed by atoms with Crippen molar-refractivity contribution < 1.29 is 14.2 Å². The number of hydrogen-bond donors (Lipinski definition) is 1. The maximum Gasteiger partial charge on any atom is 0.193 e. The molecule has 1 aliphatic rings. The van der Waals surface area contributed by atoms with Crippen LogP contribution < -0.4 is 14.8 Å². The van der Waals surface area contributed by atoms with Crippen molar-refractivity contribution in [3.8, 4) is 11.5 Å². The van der Waals surface area contributed by atoms with Crippen molar-refractivity contribution >= 4 is 5.96 Å². The number of guanidine groups is 1. The van der Waals surface area contributed by atoms with E-state index in [9.17, 15) is 0 Å². The average Bonchev–Trinajstić information content (AvgIpc) is 3.58. The minimum Gasteiger partial charge on any atom is -0.493 e. The molecule has 0 radical (unpaired) electrons. The van der Waals surface area contributed by atoms with Crippen molar-refractivity contribution in [2.24, 2.45) is 4.99 Å². The first kappa shape index (κ1) is 23.3. The summed E-state index contributed by atoms with van der Waals surface area (Å²) in [6.07, 6.45) is 3.51. The molecule has 164 valence electrons. The lowest BCUT2D eigenvalue weighted by molar-refractivity contribution is 0.145. The molecule has 0 heterocycles. The van der Waals surface area contributed by atoms with Gasteiger partial charge in [0.2, 0.25) is 0 Å². The lowest BCUT2D eigenvalue weighted by atomic mass is 10.1. The molecule has 2 rings (SSSR count). The average molecular weight is 407 g/mol. The Morgan fingerprint density at radius 2 is 1.86 bits per heavy atom. The lowest BCUT2D eigenvalue weighted by Crippen LogP contribution is -2.40. The van der Waals surface area contributed by atoms with Gasteiger partial charge in [0.25, 0.3) is 0 Å². The van der Waals surface area contributed by atoms with Gasteiger partial charge in [-0.1, -0.05) is 6.07 Å². The molecular formula is C22H38N4O3. The van der Waals surface area contributed by atoms with Crippen LogP contribution in [0, 0.1) is 0 Å². The molecule has 0 spiro atoms. The fourth-order valence-electron chi connectivity index (χ4n) is 3.32. The van der Waals surface area contributed by atoms with Crippen LogP contribution in [-0.2, 0) is 11.2 Å². The van der Waals surface area contributed by atoms with Crippen molar-refractivity contribution in [2.75, 3.05) is 67.7 Å². The molecule has 0 aliphatic heterocycles. The van der Waals surface area contributed by atoms with E-state index >= 15 is 0 Å². The number of nitrogens with zero attached hydrogens (tertiary/aromatic N) is 3. The van der Waals surface area contributed by atoms with Crippen molar-refractivity contribution in [2.45, 2.75) is 32.2 Å². The Labute approximate surface area is 176 Å². The maximum absolute atomic E-state index is 5.41. The molecule has 1 aromatic rings. The Morgan fingerprint density at radius 3 is 2.48 bits per heavy atom. The van der Waals surface area contributed by atoms with Gasteiger partial charge in [-0.15, -0.1) is 0 Å². The molecule has 1 fully saturated rings. The normalized spacial score (nSPS) is 14.2. The number of nitrogens with one attached hydrogen (secondary N) is 1. The highest BCUT2D eigenvalue weighted by Crippen LogP contribution is 2.28. The summed E-state index contributed by atoms with van der Waals surface area (Å²) in [5, 5.41) is 3.41. The van der Waals surface area contributed by atoms with Gasteiger partial charge in [-0.05, 0) is 43.9 Å². The van der Waals surface area contributed by atoms with E-state index in [1.807, 2.05) is 12.1 Å². The molecule has 1 saturated carbocycles. The van der Waals surface area contributed by atoms with Gasteiger partial charge in [0.1, 0.15) is 0 Å². The van der Waals surface area contributed by atoms with Crippen molar-refractivity contribution in [1.29, 1.82) is 0 Å². The van der Waals surface area contributed by atoms with Crippen molar-refractivity contribution in [1.82, 2.24) is 15.1 Å². The second kappa shape index (κ2) is 12.5. The molecule has 0 aromatic heterocycles. The Kier molecular flexibility index (Phi) is 10.1. The fourth-order valence-corrected chi connectivity index (χ4v) is 3.32. The Hall–Kier alpha value is -1.99. The van der Waals surface area contributed by atoms with Gasteiger partial charge in [-0.2, -0.15) is 0 Å². The second-order valence-electron chi connectivity index (χ2n) is 7.36. The number of aliphatic imine (C=N–C) groups is 1. The van der Waals surface area contributed by atoms with Crippen LogP contribution in [0.5, 0.6) is 11.5 Å². The van der Waals surface area contributed by atoms with Gasteiger partial charge in [-0.25, -0.2) is 0 Å². The van der Waals surface area contributed by atoms with Crippen LogP contribution in [0.3, 0.4) is 0 Å². The number of hydrogen-bond acceptors (Lipinski definition) is 5. The van der Waals surface area contributed by atoms with E-state index in [2.05, 4.69) is 35.2 Å². The summed E-state index contributed by atoms with van der Waals surface area (Å²) in [6.45, 7) is 7.38. The van der Waals surface area contributed by atoms with Gasteiger partial charge in [-0.3, -0.25) is 9.89 Å². The summed E-state index contributed by atoms with van der Waals surface area (Å²) in [4.78, 5) is 9.54. The molecule has 7 nitrogen and oxygen atoms in total. The summed E-state index contributed by atoms with van der Waals surface area (Å²) in [5.74, 6) is 2.48. The predicted molar refractivity (Wildman–Crippen MR) is 118 cm³/mol. The first-order chi connectivity index (χ1) is 14.1. The molecule has 29 heavy (non-hydrogen) atoms. The van der Waals surface area contributed by atoms with E-state index in [0.717, 1.165) is 69.3 Å². The zero-order valence-electron chi connectivity index (χ0n) is 18.7. The molecule has 7 heteroatoms. The molecule has 0 unspecified atom stereocenters. The van der Waals surface area contributed by atoms with Crippen molar-refractivity contribution in [3.05, 3.63) is 23.8 Å². The van der Waals surface area contributed by atoms with E-state index in [-0.39, 0.29) is 0 Å². The molecule has 1 aromatic carbocycles. The zero-order chi connectivity index (χ0) is 21.1. The predicted octanol–water partition coefficient (Wildman–Crippen LogP) is 2.25. The first-order valence-electron chi connectivity index (χ1n) is 10.6. The highest BCUT2D eigenvalue weighted by atomic mass is 16.5. The molecule has 0 bridgehead atoms. The van der Waals surface area contributed by atoms with E-state index in [4.69, 9.17) is 19.2 Å². The van der Waals surface area contributed by atoms with E-state index in [0.29, 0.717) is 0 Å². The Morgan fingerprint density at radius 1 is 1.10 bits per heavy atom. The molecule has 1 N–H and O–H groups in total. The zero-order valence-corrected chi connectivity index (χ0v) is 18.7. The molecule has 0 atom stereocenters. The standard InChI is InChI=1S/C22H38N4O3/c1-6-23-22(24-12-14-26(15-16-27-3)19-8-9-19)25(2)13-11-18-7-10-20(28-4)21(17-18)29-5/h7,10,17,19H,6,8-9,11-16H2,1-5H3,(H,23,24). The third-order valence-electron chi connectivity index (χ3n) is 5.17. The number of benzene rings is 1. The topological polar surface area (TPSA) is 58.6 Å². The van der Waals surface area contributed by atoms with Crippen LogP contribution in [0.2, 0.25) is 0 Å². The third-order valence-corrected chi connectivity index (χ3v) is 5.17. The molecular weight excluding hydrogens is 368 g/mol. The quantitative estimate of drug-likeness (QED) is 0.401. The van der Waals surface area contributed by atoms with Crippen LogP contribution >= 0.6 is 0 Å². The highest BCUT2D eigenvalue weighted by Gasteiger charge is 2.28. The summed E-state index contributed by atoms with van der Waals surface area (Å²) >= 11 is 0. The van der Waals surface area contributed by atoms with Crippen LogP contribution in [-0.4, -0.2) is 89.5 Å². The number of methoxy groups -OCH3 is 3. The van der Waals surface area contributed by atoms with Crippen LogP contribution in [0.15, 0.2) is 23.2 Å². The van der Waals surface area contributed by atoms with Gasteiger partial charge in [0.05, 0.1) is 27.4 Å². The third kappa shape index (κ3) is 7.74. The number of likely N-dealkylation sites (N-methyl/N-ethyl adjacent to an activating group) is 1. The van der Waals surface area contributed by atoms with E-state index < -0.39 is 0 Å².